The lowest BCUT2D eigenvalue weighted by molar-refractivity contribution is -0.124. The Bertz CT molecular complexity index is 821. The van der Waals surface area contributed by atoms with Crippen molar-refractivity contribution in [3.63, 3.8) is 0 Å². The summed E-state index contributed by atoms with van der Waals surface area (Å²) in [6.07, 6.45) is 2.79. The number of carbonyl (C=O) groups is 2. The number of aryl methyl sites for hydroxylation is 1. The van der Waals surface area contributed by atoms with Crippen LogP contribution < -0.4 is 5.32 Å². The molecule has 0 aliphatic heterocycles. The van der Waals surface area contributed by atoms with Crippen LogP contribution in [0.15, 0.2) is 24.3 Å². The number of aromatic carboxylic acids is 1. The Morgan fingerprint density at radius 3 is 2.57 bits per heavy atom. The summed E-state index contributed by atoms with van der Waals surface area (Å²) in [7, 11) is 0. The van der Waals surface area contributed by atoms with Crippen LogP contribution in [0.1, 0.15) is 54.1 Å². The van der Waals surface area contributed by atoms with Crippen molar-refractivity contribution < 1.29 is 14.7 Å². The van der Waals surface area contributed by atoms with Crippen LogP contribution in [0.4, 0.5) is 0 Å². The predicted octanol–water partition coefficient (Wildman–Crippen LogP) is 3.81. The highest BCUT2D eigenvalue weighted by Crippen LogP contribution is 2.21. The van der Waals surface area contributed by atoms with E-state index in [1.54, 1.807) is 24.3 Å². The molecule has 2 N–H and O–H groups in total. The van der Waals surface area contributed by atoms with E-state index >= 15 is 0 Å². The summed E-state index contributed by atoms with van der Waals surface area (Å²) in [6.45, 7) is 4.71. The highest BCUT2D eigenvalue weighted by atomic mass is 35.5. The van der Waals surface area contributed by atoms with E-state index in [0.29, 0.717) is 17.5 Å². The summed E-state index contributed by atoms with van der Waals surface area (Å²) < 4.78 is 2.01. The smallest absolute Gasteiger partial charge is 0.335 e. The number of rotatable bonds is 10. The molecular formula is C20H26ClN3O3S. The number of nitrogens with one attached hydrogen (secondary N) is 1. The van der Waals surface area contributed by atoms with E-state index in [0.717, 1.165) is 36.3 Å². The van der Waals surface area contributed by atoms with Crippen molar-refractivity contribution in [2.24, 2.45) is 5.92 Å². The maximum absolute atomic E-state index is 12.1. The Morgan fingerprint density at radius 1 is 1.32 bits per heavy atom. The van der Waals surface area contributed by atoms with Gasteiger partial charge in [0.2, 0.25) is 5.91 Å². The van der Waals surface area contributed by atoms with Gasteiger partial charge in [0.15, 0.2) is 5.15 Å². The Labute approximate surface area is 175 Å². The number of amides is 1. The first-order valence-corrected chi connectivity index (χ1v) is 10.3. The van der Waals surface area contributed by atoms with Crippen molar-refractivity contribution in [3.8, 4) is 0 Å². The third-order valence-corrected chi connectivity index (χ3v) is 5.40. The van der Waals surface area contributed by atoms with Gasteiger partial charge >= 0.3 is 5.97 Å². The maximum Gasteiger partial charge on any atom is 0.335 e. The summed E-state index contributed by atoms with van der Waals surface area (Å²) in [5.74, 6) is 0.0980. The number of thiol groups is 1. The van der Waals surface area contributed by atoms with Gasteiger partial charge in [0.25, 0.3) is 0 Å². The number of hydrogen-bond acceptors (Lipinski definition) is 4. The molecule has 1 atom stereocenters. The minimum atomic E-state index is -0.956. The third kappa shape index (κ3) is 5.75. The van der Waals surface area contributed by atoms with Gasteiger partial charge < -0.3 is 15.0 Å². The number of hydrogen-bond donors (Lipinski definition) is 3. The predicted molar refractivity (Wildman–Crippen MR) is 113 cm³/mol. The van der Waals surface area contributed by atoms with Gasteiger partial charge in [-0.15, -0.1) is 0 Å². The van der Waals surface area contributed by atoms with Crippen LogP contribution in [0, 0.1) is 5.92 Å². The molecule has 0 unspecified atom stereocenters. The molecule has 1 aromatic carbocycles. The maximum atomic E-state index is 12.1. The van der Waals surface area contributed by atoms with Crippen LogP contribution in [0.2, 0.25) is 5.15 Å². The molecule has 0 aliphatic carbocycles. The second kappa shape index (κ2) is 10.5. The first kappa shape index (κ1) is 22.3. The van der Waals surface area contributed by atoms with E-state index in [1.807, 2.05) is 11.5 Å². The summed E-state index contributed by atoms with van der Waals surface area (Å²) in [5, 5.41) is 12.3. The minimum absolute atomic E-state index is 0.0836. The molecule has 2 rings (SSSR count). The lowest BCUT2D eigenvalue weighted by Crippen LogP contribution is -2.30. The largest absolute Gasteiger partial charge is 0.478 e. The summed E-state index contributed by atoms with van der Waals surface area (Å²) in [5.41, 5.74) is 1.93. The van der Waals surface area contributed by atoms with Gasteiger partial charge in [-0.1, -0.05) is 44.0 Å². The van der Waals surface area contributed by atoms with E-state index in [1.165, 1.54) is 0 Å². The number of halogens is 1. The molecule has 28 heavy (non-hydrogen) atoms. The van der Waals surface area contributed by atoms with E-state index < -0.39 is 5.97 Å². The quantitative estimate of drug-likeness (QED) is 0.507. The molecule has 1 aromatic heterocycles. The second-order valence-corrected chi connectivity index (χ2v) is 7.48. The number of carbonyl (C=O) groups excluding carboxylic acids is 1. The van der Waals surface area contributed by atoms with Crippen LogP contribution in [-0.4, -0.2) is 32.3 Å². The first-order chi connectivity index (χ1) is 13.4. The van der Waals surface area contributed by atoms with Gasteiger partial charge in [-0.3, -0.25) is 4.79 Å². The van der Waals surface area contributed by atoms with Gasteiger partial charge in [0.05, 0.1) is 17.8 Å². The van der Waals surface area contributed by atoms with Crippen molar-refractivity contribution >= 4 is 36.1 Å². The Kier molecular flexibility index (Phi) is 8.38. The Balaban J connectivity index is 2.27. The zero-order valence-electron chi connectivity index (χ0n) is 16.1. The molecule has 0 fully saturated rings. The number of carboxylic acid groups (broad SMARTS) is 1. The van der Waals surface area contributed by atoms with Crippen molar-refractivity contribution in [2.75, 3.05) is 5.75 Å². The molecule has 152 valence electrons. The van der Waals surface area contributed by atoms with Crippen LogP contribution in [0.5, 0.6) is 0 Å². The number of aromatic nitrogens is 2. The van der Waals surface area contributed by atoms with Gasteiger partial charge in [0.1, 0.15) is 5.82 Å². The lowest BCUT2D eigenvalue weighted by Gasteiger charge is -2.14. The summed E-state index contributed by atoms with van der Waals surface area (Å²) in [4.78, 5) is 27.7. The monoisotopic (exact) mass is 423 g/mol. The summed E-state index contributed by atoms with van der Waals surface area (Å²) >= 11 is 10.5. The van der Waals surface area contributed by atoms with Crippen LogP contribution in [-0.2, 0) is 24.3 Å². The first-order valence-electron chi connectivity index (χ1n) is 9.31. The molecule has 0 bridgehead atoms. The van der Waals surface area contributed by atoms with Gasteiger partial charge in [0, 0.05) is 24.6 Å². The number of benzene rings is 1. The molecule has 1 amide bonds. The Hall–Kier alpha value is -1.99. The molecule has 0 spiro atoms. The van der Waals surface area contributed by atoms with Crippen molar-refractivity contribution in [2.45, 2.75) is 46.2 Å². The van der Waals surface area contributed by atoms with Crippen LogP contribution in [0.3, 0.4) is 0 Å². The van der Waals surface area contributed by atoms with Crippen molar-refractivity contribution in [1.82, 2.24) is 14.9 Å². The number of nitrogens with zero attached hydrogens (tertiary/aromatic N) is 2. The normalized spacial score (nSPS) is 12.0. The van der Waals surface area contributed by atoms with Crippen LogP contribution >= 0.6 is 24.2 Å². The fraction of sp³-hybridized carbons (Fsp3) is 0.450. The molecule has 2 aromatic rings. The fourth-order valence-electron chi connectivity index (χ4n) is 2.75. The zero-order valence-corrected chi connectivity index (χ0v) is 17.8. The average molecular weight is 424 g/mol. The minimum Gasteiger partial charge on any atom is -0.478 e. The molecule has 0 saturated heterocycles. The molecule has 8 heteroatoms. The molecule has 1 heterocycles. The number of carboxylic acids is 1. The van der Waals surface area contributed by atoms with E-state index in [4.69, 9.17) is 16.7 Å². The molecule has 0 radical (unpaired) electrons. The third-order valence-electron chi connectivity index (χ3n) is 4.55. The number of unbranched alkanes of at least 4 members (excludes halogenated alkanes) is 1. The van der Waals surface area contributed by atoms with Crippen molar-refractivity contribution in [3.05, 3.63) is 52.1 Å². The average Bonchev–Trinajstić information content (AvgIpc) is 2.98. The highest BCUT2D eigenvalue weighted by Gasteiger charge is 2.18. The fourth-order valence-corrected chi connectivity index (χ4v) is 3.18. The topological polar surface area (TPSA) is 84.2 Å². The molecular weight excluding hydrogens is 398 g/mol. The van der Waals surface area contributed by atoms with Crippen LogP contribution in [0.25, 0.3) is 0 Å². The SMILES string of the molecule is CCCCc1nc(Cl)c(CNC(=O)[C@H](C)CS)n1Cc1ccc(C(=O)O)cc1. The zero-order chi connectivity index (χ0) is 20.7. The lowest BCUT2D eigenvalue weighted by atomic mass is 10.1. The number of imidazole rings is 1. The molecule has 6 nitrogen and oxygen atoms in total. The van der Waals surface area contributed by atoms with Gasteiger partial charge in [-0.2, -0.15) is 12.6 Å². The van der Waals surface area contributed by atoms with Crippen molar-refractivity contribution in [1.29, 1.82) is 0 Å². The van der Waals surface area contributed by atoms with E-state index in [2.05, 4.69) is 29.9 Å². The van der Waals surface area contributed by atoms with Gasteiger partial charge in [-0.05, 0) is 24.1 Å². The highest BCUT2D eigenvalue weighted by molar-refractivity contribution is 7.80. The Morgan fingerprint density at radius 2 is 2.00 bits per heavy atom. The second-order valence-electron chi connectivity index (χ2n) is 6.76. The summed E-state index contributed by atoms with van der Waals surface area (Å²) in [6, 6.07) is 6.73. The standard InChI is InChI=1S/C20H26ClN3O3S/c1-3-4-5-17-23-18(21)16(10-22-19(25)13(2)12-28)24(17)11-14-6-8-15(9-7-14)20(26)27/h6-9,13,28H,3-5,10-12H2,1-2H3,(H,22,25)(H,26,27)/t13-/m1/s1. The molecule has 0 saturated carbocycles. The molecule has 0 aliphatic rings. The van der Waals surface area contributed by atoms with E-state index in [9.17, 15) is 9.59 Å². The van der Waals surface area contributed by atoms with E-state index in [-0.39, 0.29) is 23.9 Å². The van der Waals surface area contributed by atoms with Gasteiger partial charge in [-0.25, -0.2) is 9.78 Å².